The summed E-state index contributed by atoms with van der Waals surface area (Å²) in [6.45, 7) is 1.02. The van der Waals surface area contributed by atoms with Crippen LogP contribution in [-0.2, 0) is 13.0 Å². The van der Waals surface area contributed by atoms with Crippen LogP contribution in [0.25, 0.3) is 0 Å². The molecule has 0 bridgehead atoms. The van der Waals surface area contributed by atoms with Crippen molar-refractivity contribution in [3.63, 3.8) is 0 Å². The van der Waals surface area contributed by atoms with Crippen LogP contribution < -0.4 is 10.1 Å². The number of carbonyl (C=O) groups is 1. The zero-order chi connectivity index (χ0) is 17.5. The highest BCUT2D eigenvalue weighted by atomic mass is 35.5. The minimum absolute atomic E-state index is 0.133. The third kappa shape index (κ3) is 5.62. The van der Waals surface area contributed by atoms with E-state index in [0.29, 0.717) is 29.6 Å². The first kappa shape index (κ1) is 18.4. The summed E-state index contributed by atoms with van der Waals surface area (Å²) >= 11 is 11.9. The number of halogens is 2. The number of hydrogen-bond donors (Lipinski definition) is 1. The van der Waals surface area contributed by atoms with Crippen LogP contribution in [0.2, 0.25) is 10.0 Å². The molecule has 2 amide bonds. The van der Waals surface area contributed by atoms with E-state index in [1.165, 1.54) is 0 Å². The van der Waals surface area contributed by atoms with Crippen LogP contribution in [0.3, 0.4) is 0 Å². The molecule has 0 aliphatic rings. The van der Waals surface area contributed by atoms with E-state index < -0.39 is 0 Å². The number of nitrogens with one attached hydrogen (secondary N) is 1. The Balaban J connectivity index is 1.83. The minimum Gasteiger partial charge on any atom is -0.497 e. The maximum Gasteiger partial charge on any atom is 0.317 e. The molecule has 128 valence electrons. The molecule has 0 atom stereocenters. The van der Waals surface area contributed by atoms with E-state index in [1.807, 2.05) is 36.4 Å². The van der Waals surface area contributed by atoms with Gasteiger partial charge in [-0.2, -0.15) is 0 Å². The molecule has 0 aliphatic carbocycles. The van der Waals surface area contributed by atoms with Crippen LogP contribution in [0.15, 0.2) is 42.5 Å². The van der Waals surface area contributed by atoms with Gasteiger partial charge in [-0.3, -0.25) is 0 Å². The molecule has 6 heteroatoms. The molecule has 0 aliphatic heterocycles. The first-order valence-electron chi connectivity index (χ1n) is 7.55. The molecule has 0 radical (unpaired) electrons. The lowest BCUT2D eigenvalue weighted by Crippen LogP contribution is -2.37. The van der Waals surface area contributed by atoms with Gasteiger partial charge in [-0.05, 0) is 47.9 Å². The number of amides is 2. The average Bonchev–Trinajstić information content (AvgIpc) is 2.54. The number of rotatable bonds is 6. The number of nitrogens with zero attached hydrogens (tertiary/aromatic N) is 1. The lowest BCUT2D eigenvalue weighted by Gasteiger charge is -2.18. The van der Waals surface area contributed by atoms with Gasteiger partial charge in [0.15, 0.2) is 0 Å². The first-order valence-corrected chi connectivity index (χ1v) is 8.30. The Morgan fingerprint density at radius 3 is 2.50 bits per heavy atom. The van der Waals surface area contributed by atoms with Gasteiger partial charge in [-0.15, -0.1) is 0 Å². The fourth-order valence-corrected chi connectivity index (χ4v) is 2.89. The smallest absolute Gasteiger partial charge is 0.317 e. The molecular weight excluding hydrogens is 347 g/mol. The van der Waals surface area contributed by atoms with Crippen LogP contribution in [0.4, 0.5) is 4.79 Å². The molecule has 2 aromatic rings. The molecule has 0 heterocycles. The molecule has 4 nitrogen and oxygen atoms in total. The predicted octanol–water partition coefficient (Wildman–Crippen LogP) is 4.39. The second kappa shape index (κ2) is 8.81. The Bertz CT molecular complexity index is 687. The standard InChI is InChI=1S/C18H20Cl2N2O2/c1-22(12-14-4-3-5-17(10-14)24-2)18(23)21-7-6-13-8-15(19)11-16(20)9-13/h3-5,8-11H,6-7,12H2,1-2H3,(H,21,23). The summed E-state index contributed by atoms with van der Waals surface area (Å²) in [4.78, 5) is 13.8. The number of methoxy groups -OCH3 is 1. The molecular formula is C18H20Cl2N2O2. The van der Waals surface area contributed by atoms with Crippen molar-refractivity contribution < 1.29 is 9.53 Å². The van der Waals surface area contributed by atoms with Crippen molar-refractivity contribution >= 4 is 29.2 Å². The third-order valence-electron chi connectivity index (χ3n) is 3.51. The van der Waals surface area contributed by atoms with Gasteiger partial charge in [-0.1, -0.05) is 35.3 Å². The Labute approximate surface area is 152 Å². The van der Waals surface area contributed by atoms with Gasteiger partial charge in [-0.25, -0.2) is 4.79 Å². The second-order valence-electron chi connectivity index (χ2n) is 5.47. The number of urea groups is 1. The highest BCUT2D eigenvalue weighted by Gasteiger charge is 2.09. The van der Waals surface area contributed by atoms with Crippen LogP contribution >= 0.6 is 23.2 Å². The van der Waals surface area contributed by atoms with Gasteiger partial charge in [0, 0.05) is 30.2 Å². The molecule has 0 unspecified atom stereocenters. The lowest BCUT2D eigenvalue weighted by atomic mass is 10.1. The molecule has 0 spiro atoms. The number of hydrogen-bond acceptors (Lipinski definition) is 2. The number of ether oxygens (including phenoxy) is 1. The maximum atomic E-state index is 12.2. The molecule has 24 heavy (non-hydrogen) atoms. The normalized spacial score (nSPS) is 10.3. The summed E-state index contributed by atoms with van der Waals surface area (Å²) in [6, 6.07) is 12.9. The zero-order valence-electron chi connectivity index (χ0n) is 13.7. The molecule has 2 aromatic carbocycles. The summed E-state index contributed by atoms with van der Waals surface area (Å²) < 4.78 is 5.19. The van der Waals surface area contributed by atoms with Crippen molar-refractivity contribution in [2.45, 2.75) is 13.0 Å². The van der Waals surface area contributed by atoms with E-state index in [1.54, 1.807) is 25.1 Å². The molecule has 1 N–H and O–H groups in total. The highest BCUT2D eigenvalue weighted by Crippen LogP contribution is 2.19. The molecule has 0 saturated heterocycles. The van der Waals surface area contributed by atoms with E-state index in [-0.39, 0.29) is 6.03 Å². The van der Waals surface area contributed by atoms with Crippen molar-refractivity contribution in [2.24, 2.45) is 0 Å². The molecule has 0 saturated carbocycles. The van der Waals surface area contributed by atoms with Crippen LogP contribution in [0, 0.1) is 0 Å². The Morgan fingerprint density at radius 2 is 1.83 bits per heavy atom. The quantitative estimate of drug-likeness (QED) is 0.823. The van der Waals surface area contributed by atoms with Crippen LogP contribution in [0.5, 0.6) is 5.75 Å². The zero-order valence-corrected chi connectivity index (χ0v) is 15.2. The molecule has 0 fully saturated rings. The van der Waals surface area contributed by atoms with E-state index in [2.05, 4.69) is 5.32 Å². The highest BCUT2D eigenvalue weighted by molar-refractivity contribution is 6.34. The number of benzene rings is 2. The lowest BCUT2D eigenvalue weighted by molar-refractivity contribution is 0.207. The van der Waals surface area contributed by atoms with Crippen molar-refractivity contribution in [1.29, 1.82) is 0 Å². The van der Waals surface area contributed by atoms with E-state index in [9.17, 15) is 4.79 Å². The third-order valence-corrected chi connectivity index (χ3v) is 3.95. The van der Waals surface area contributed by atoms with E-state index in [4.69, 9.17) is 27.9 Å². The Kier molecular flexibility index (Phi) is 6.76. The fraction of sp³-hybridized carbons (Fsp3) is 0.278. The Morgan fingerprint density at radius 1 is 1.12 bits per heavy atom. The van der Waals surface area contributed by atoms with Gasteiger partial charge >= 0.3 is 6.03 Å². The molecule has 2 rings (SSSR count). The Hall–Kier alpha value is -1.91. The maximum absolute atomic E-state index is 12.2. The van der Waals surface area contributed by atoms with Crippen LogP contribution in [0.1, 0.15) is 11.1 Å². The van der Waals surface area contributed by atoms with Gasteiger partial charge in [0.2, 0.25) is 0 Å². The van der Waals surface area contributed by atoms with Gasteiger partial charge in [0.25, 0.3) is 0 Å². The summed E-state index contributed by atoms with van der Waals surface area (Å²) in [7, 11) is 3.38. The van der Waals surface area contributed by atoms with Crippen molar-refractivity contribution in [3.05, 3.63) is 63.6 Å². The SMILES string of the molecule is COc1cccc(CN(C)C(=O)NCCc2cc(Cl)cc(Cl)c2)c1. The monoisotopic (exact) mass is 366 g/mol. The van der Waals surface area contributed by atoms with Crippen molar-refractivity contribution in [2.75, 3.05) is 20.7 Å². The summed E-state index contributed by atoms with van der Waals surface area (Å²) in [5.41, 5.74) is 2.00. The number of carbonyl (C=O) groups excluding carboxylic acids is 1. The molecule has 0 aromatic heterocycles. The predicted molar refractivity (Wildman–Crippen MR) is 98.0 cm³/mol. The summed E-state index contributed by atoms with van der Waals surface area (Å²) in [5, 5.41) is 4.08. The minimum atomic E-state index is -0.133. The average molecular weight is 367 g/mol. The summed E-state index contributed by atoms with van der Waals surface area (Å²) in [6.07, 6.45) is 0.666. The first-order chi connectivity index (χ1) is 11.5. The summed E-state index contributed by atoms with van der Waals surface area (Å²) in [5.74, 6) is 0.777. The van der Waals surface area contributed by atoms with E-state index in [0.717, 1.165) is 16.9 Å². The van der Waals surface area contributed by atoms with Gasteiger partial charge in [0.1, 0.15) is 5.75 Å². The second-order valence-corrected chi connectivity index (χ2v) is 6.34. The van der Waals surface area contributed by atoms with Crippen molar-refractivity contribution in [3.8, 4) is 5.75 Å². The van der Waals surface area contributed by atoms with Gasteiger partial charge in [0.05, 0.1) is 7.11 Å². The van der Waals surface area contributed by atoms with E-state index >= 15 is 0 Å². The largest absolute Gasteiger partial charge is 0.497 e. The fourth-order valence-electron chi connectivity index (χ4n) is 2.32. The van der Waals surface area contributed by atoms with Gasteiger partial charge < -0.3 is 15.0 Å². The topological polar surface area (TPSA) is 41.6 Å². The van der Waals surface area contributed by atoms with Crippen molar-refractivity contribution in [1.82, 2.24) is 10.2 Å². The van der Waals surface area contributed by atoms with Crippen LogP contribution in [-0.4, -0.2) is 31.6 Å².